The number of aromatic nitrogens is 3. The van der Waals surface area contributed by atoms with Gasteiger partial charge in [0, 0.05) is 18.5 Å². The Bertz CT molecular complexity index is 433. The number of carbonyl (C=O) groups is 1. The average molecular weight is 281 g/mol. The van der Waals surface area contributed by atoms with E-state index in [4.69, 9.17) is 0 Å². The van der Waals surface area contributed by atoms with Crippen LogP contribution < -0.4 is 0 Å². The Morgan fingerprint density at radius 1 is 1.25 bits per heavy atom. The molecule has 1 rings (SSSR count). The minimum atomic E-state index is -0.131. The summed E-state index contributed by atoms with van der Waals surface area (Å²) in [6.45, 7) is 10.5. The summed E-state index contributed by atoms with van der Waals surface area (Å²) < 4.78 is 0. The van der Waals surface area contributed by atoms with Gasteiger partial charge in [0.2, 0.25) is 5.82 Å². The highest BCUT2D eigenvalue weighted by atomic mass is 16.2. The van der Waals surface area contributed by atoms with Crippen LogP contribution in [0, 0.1) is 0 Å². The number of carbonyl (C=O) groups excluding carboxylic acids is 1. The smallest absolute Gasteiger partial charge is 0.293 e. The quantitative estimate of drug-likeness (QED) is 0.858. The van der Waals surface area contributed by atoms with Gasteiger partial charge in [-0.05, 0) is 34.0 Å². The van der Waals surface area contributed by atoms with Crippen LogP contribution in [0.25, 0.3) is 0 Å². The molecule has 114 valence electrons. The normalized spacial score (nSPS) is 11.9. The molecule has 6 heteroatoms. The SMILES string of the molecule is CCN(CCCN(C)C)C(=O)c1n[nH]c(C(C)(C)C)n1. The summed E-state index contributed by atoms with van der Waals surface area (Å²) in [5, 5.41) is 6.92. The van der Waals surface area contributed by atoms with E-state index in [1.54, 1.807) is 4.90 Å². The van der Waals surface area contributed by atoms with Gasteiger partial charge in [-0.3, -0.25) is 9.89 Å². The number of aromatic amines is 1. The molecule has 0 bridgehead atoms. The van der Waals surface area contributed by atoms with E-state index in [0.29, 0.717) is 6.54 Å². The Labute approximate surface area is 121 Å². The number of hydrogen-bond donors (Lipinski definition) is 1. The average Bonchev–Trinajstić information content (AvgIpc) is 2.82. The molecule has 0 unspecified atom stereocenters. The maximum absolute atomic E-state index is 12.4. The molecule has 1 aromatic heterocycles. The zero-order valence-corrected chi connectivity index (χ0v) is 13.5. The number of rotatable bonds is 6. The fourth-order valence-electron chi connectivity index (χ4n) is 1.82. The summed E-state index contributed by atoms with van der Waals surface area (Å²) in [6, 6.07) is 0. The number of amides is 1. The fraction of sp³-hybridized carbons (Fsp3) is 0.786. The van der Waals surface area contributed by atoms with E-state index in [0.717, 1.165) is 25.3 Å². The van der Waals surface area contributed by atoms with Gasteiger partial charge in [0.15, 0.2) is 0 Å². The lowest BCUT2D eigenvalue weighted by molar-refractivity contribution is 0.0747. The zero-order chi connectivity index (χ0) is 15.3. The third-order valence-electron chi connectivity index (χ3n) is 3.09. The van der Waals surface area contributed by atoms with Gasteiger partial charge in [0.05, 0.1) is 0 Å². The van der Waals surface area contributed by atoms with E-state index in [1.807, 2.05) is 41.8 Å². The Hall–Kier alpha value is -1.43. The molecule has 1 aromatic rings. The van der Waals surface area contributed by atoms with Crippen LogP contribution in [0.15, 0.2) is 0 Å². The summed E-state index contributed by atoms with van der Waals surface area (Å²) in [5.74, 6) is 0.907. The minimum Gasteiger partial charge on any atom is -0.336 e. The number of hydrogen-bond acceptors (Lipinski definition) is 4. The molecule has 0 radical (unpaired) electrons. The van der Waals surface area contributed by atoms with Crippen molar-refractivity contribution in [1.82, 2.24) is 25.0 Å². The van der Waals surface area contributed by atoms with Crippen molar-refractivity contribution in [2.75, 3.05) is 33.7 Å². The molecule has 0 aliphatic heterocycles. The van der Waals surface area contributed by atoms with Crippen LogP contribution in [0.3, 0.4) is 0 Å². The van der Waals surface area contributed by atoms with Crippen molar-refractivity contribution in [2.24, 2.45) is 0 Å². The third-order valence-corrected chi connectivity index (χ3v) is 3.09. The van der Waals surface area contributed by atoms with E-state index < -0.39 is 0 Å². The van der Waals surface area contributed by atoms with Crippen molar-refractivity contribution in [3.05, 3.63) is 11.6 Å². The maximum Gasteiger partial charge on any atom is 0.293 e. The minimum absolute atomic E-state index is 0.0991. The number of nitrogens with zero attached hydrogens (tertiary/aromatic N) is 4. The topological polar surface area (TPSA) is 65.1 Å². The van der Waals surface area contributed by atoms with Crippen LogP contribution in [-0.4, -0.2) is 64.6 Å². The second kappa shape index (κ2) is 6.83. The first-order valence-corrected chi connectivity index (χ1v) is 7.12. The van der Waals surface area contributed by atoms with Gasteiger partial charge in [-0.15, -0.1) is 5.10 Å². The third kappa shape index (κ3) is 4.59. The molecular formula is C14H27N5O. The molecule has 1 amide bonds. The summed E-state index contributed by atoms with van der Waals surface area (Å²) >= 11 is 0. The molecule has 0 fully saturated rings. The Morgan fingerprint density at radius 2 is 1.90 bits per heavy atom. The largest absolute Gasteiger partial charge is 0.336 e. The van der Waals surface area contributed by atoms with E-state index in [2.05, 4.69) is 20.1 Å². The van der Waals surface area contributed by atoms with E-state index in [-0.39, 0.29) is 17.1 Å². The van der Waals surface area contributed by atoms with Crippen LogP contribution in [0.2, 0.25) is 0 Å². The molecule has 0 atom stereocenters. The maximum atomic E-state index is 12.4. The van der Waals surface area contributed by atoms with Gasteiger partial charge < -0.3 is 9.80 Å². The lowest BCUT2D eigenvalue weighted by Crippen LogP contribution is -2.34. The first-order chi connectivity index (χ1) is 9.25. The van der Waals surface area contributed by atoms with Crippen LogP contribution >= 0.6 is 0 Å². The fourth-order valence-corrected chi connectivity index (χ4v) is 1.82. The van der Waals surface area contributed by atoms with Crippen molar-refractivity contribution in [3.8, 4) is 0 Å². The molecule has 0 aliphatic rings. The van der Waals surface area contributed by atoms with Gasteiger partial charge in [-0.25, -0.2) is 4.98 Å². The predicted molar refractivity (Wildman–Crippen MR) is 79.8 cm³/mol. The number of H-pyrrole nitrogens is 1. The standard InChI is InChI=1S/C14H27N5O/c1-7-19(10-8-9-18(5)6)12(20)11-15-13(17-16-11)14(2,3)4/h7-10H2,1-6H3,(H,15,16,17). The first-order valence-electron chi connectivity index (χ1n) is 7.12. The van der Waals surface area contributed by atoms with Gasteiger partial charge in [0.1, 0.15) is 5.82 Å². The summed E-state index contributed by atoms with van der Waals surface area (Å²) in [7, 11) is 4.06. The lowest BCUT2D eigenvalue weighted by atomic mass is 9.96. The van der Waals surface area contributed by atoms with Crippen molar-refractivity contribution >= 4 is 5.91 Å². The summed E-state index contributed by atoms with van der Waals surface area (Å²) in [5.41, 5.74) is -0.131. The molecule has 0 saturated carbocycles. The first kappa shape index (κ1) is 16.6. The van der Waals surface area contributed by atoms with Crippen LogP contribution in [0.4, 0.5) is 0 Å². The molecule has 20 heavy (non-hydrogen) atoms. The van der Waals surface area contributed by atoms with Gasteiger partial charge in [0.25, 0.3) is 5.91 Å². The lowest BCUT2D eigenvalue weighted by Gasteiger charge is -2.20. The number of nitrogens with one attached hydrogen (secondary N) is 1. The second-order valence-corrected chi connectivity index (χ2v) is 6.30. The second-order valence-electron chi connectivity index (χ2n) is 6.30. The molecule has 0 aromatic carbocycles. The zero-order valence-electron chi connectivity index (χ0n) is 13.5. The van der Waals surface area contributed by atoms with Crippen LogP contribution in [0.5, 0.6) is 0 Å². The molecule has 0 aliphatic carbocycles. The monoisotopic (exact) mass is 281 g/mol. The van der Waals surface area contributed by atoms with Crippen LogP contribution in [-0.2, 0) is 5.41 Å². The van der Waals surface area contributed by atoms with E-state index >= 15 is 0 Å². The molecule has 1 N–H and O–H groups in total. The molecule has 1 heterocycles. The highest BCUT2D eigenvalue weighted by Gasteiger charge is 2.23. The Kier molecular flexibility index (Phi) is 5.68. The highest BCUT2D eigenvalue weighted by Crippen LogP contribution is 2.17. The van der Waals surface area contributed by atoms with E-state index in [9.17, 15) is 4.79 Å². The Morgan fingerprint density at radius 3 is 2.35 bits per heavy atom. The Balaban J connectivity index is 2.69. The summed E-state index contributed by atoms with van der Waals surface area (Å²) in [4.78, 5) is 20.6. The van der Waals surface area contributed by atoms with Gasteiger partial charge in [-0.2, -0.15) is 0 Å². The van der Waals surface area contributed by atoms with Crippen molar-refractivity contribution in [2.45, 2.75) is 39.5 Å². The molecule has 0 spiro atoms. The van der Waals surface area contributed by atoms with Crippen molar-refractivity contribution in [3.63, 3.8) is 0 Å². The predicted octanol–water partition coefficient (Wildman–Crippen LogP) is 1.52. The van der Waals surface area contributed by atoms with Crippen LogP contribution in [0.1, 0.15) is 50.6 Å². The van der Waals surface area contributed by atoms with Crippen molar-refractivity contribution in [1.29, 1.82) is 0 Å². The molecular weight excluding hydrogens is 254 g/mol. The van der Waals surface area contributed by atoms with E-state index in [1.165, 1.54) is 0 Å². The van der Waals surface area contributed by atoms with Gasteiger partial charge in [-0.1, -0.05) is 20.8 Å². The molecule has 6 nitrogen and oxygen atoms in total. The summed E-state index contributed by atoms with van der Waals surface area (Å²) in [6.07, 6.45) is 0.948. The van der Waals surface area contributed by atoms with Gasteiger partial charge >= 0.3 is 0 Å². The molecule has 0 saturated heterocycles. The highest BCUT2D eigenvalue weighted by molar-refractivity contribution is 5.90. The van der Waals surface area contributed by atoms with Crippen molar-refractivity contribution < 1.29 is 4.79 Å².